The number of carbonyl (C=O) groups excluding carboxylic acids is 1. The van der Waals surface area contributed by atoms with Gasteiger partial charge in [-0.1, -0.05) is 6.92 Å². The minimum absolute atomic E-state index is 0.197. The molecule has 3 nitrogen and oxygen atoms in total. The van der Waals surface area contributed by atoms with Crippen molar-refractivity contribution in [3.05, 3.63) is 20.8 Å². The van der Waals surface area contributed by atoms with Gasteiger partial charge in [-0.05, 0) is 40.4 Å². The largest absolute Gasteiger partial charge is 0.343 e. The van der Waals surface area contributed by atoms with Crippen LogP contribution in [-0.2, 0) is 11.3 Å². The molecule has 18 heavy (non-hydrogen) atoms. The van der Waals surface area contributed by atoms with Gasteiger partial charge in [-0.3, -0.25) is 4.79 Å². The lowest BCUT2D eigenvalue weighted by Crippen LogP contribution is -2.49. The highest BCUT2D eigenvalue weighted by molar-refractivity contribution is 9.11. The van der Waals surface area contributed by atoms with E-state index in [1.54, 1.807) is 18.3 Å². The number of hydrogen-bond donors (Lipinski definition) is 1. The van der Waals surface area contributed by atoms with Crippen LogP contribution in [0.5, 0.6) is 0 Å². The highest BCUT2D eigenvalue weighted by Gasteiger charge is 2.26. The molecule has 1 amide bonds. The van der Waals surface area contributed by atoms with Gasteiger partial charge in [0.15, 0.2) is 0 Å². The summed E-state index contributed by atoms with van der Waals surface area (Å²) < 4.78 is 1.18. The molecule has 0 saturated carbocycles. The number of thiophene rings is 1. The Morgan fingerprint density at radius 1 is 1.61 bits per heavy atom. The minimum Gasteiger partial charge on any atom is -0.343 e. The van der Waals surface area contributed by atoms with Gasteiger partial charge in [-0.15, -0.1) is 11.3 Å². The molecule has 2 heterocycles. The first-order valence-electron chi connectivity index (χ1n) is 6.29. The molecule has 0 radical (unpaired) electrons. The second-order valence-electron chi connectivity index (χ2n) is 4.92. The van der Waals surface area contributed by atoms with Crippen molar-refractivity contribution in [2.75, 3.05) is 13.1 Å². The van der Waals surface area contributed by atoms with Crippen molar-refractivity contribution in [1.82, 2.24) is 10.2 Å². The van der Waals surface area contributed by atoms with E-state index in [-0.39, 0.29) is 5.91 Å². The van der Waals surface area contributed by atoms with E-state index in [4.69, 9.17) is 0 Å². The molecule has 1 aromatic rings. The Bertz CT molecular complexity index is 421. The first-order valence-corrected chi connectivity index (χ1v) is 7.90. The Hall–Kier alpha value is -0.390. The molecule has 0 spiro atoms. The van der Waals surface area contributed by atoms with Crippen LogP contribution in [0, 0.1) is 5.92 Å². The van der Waals surface area contributed by atoms with Crippen molar-refractivity contribution in [3.8, 4) is 0 Å². The Morgan fingerprint density at radius 3 is 2.94 bits per heavy atom. The predicted octanol–water partition coefficient (Wildman–Crippen LogP) is 2.86. The van der Waals surface area contributed by atoms with Crippen molar-refractivity contribution in [3.63, 3.8) is 0 Å². The molecule has 1 aromatic heterocycles. The number of likely N-dealkylation sites (tertiary alicyclic amines) is 1. The van der Waals surface area contributed by atoms with Gasteiger partial charge >= 0.3 is 0 Å². The maximum atomic E-state index is 11.3. The van der Waals surface area contributed by atoms with Gasteiger partial charge < -0.3 is 10.2 Å². The van der Waals surface area contributed by atoms with Crippen LogP contribution >= 0.6 is 27.3 Å². The molecule has 2 rings (SSSR count). The molecular formula is C13H19BrN2OS. The summed E-state index contributed by atoms with van der Waals surface area (Å²) >= 11 is 5.25. The topological polar surface area (TPSA) is 32.3 Å². The van der Waals surface area contributed by atoms with Crippen molar-refractivity contribution in [2.24, 2.45) is 5.92 Å². The van der Waals surface area contributed by atoms with E-state index in [0.29, 0.717) is 12.0 Å². The summed E-state index contributed by atoms with van der Waals surface area (Å²) in [5.74, 6) is 0.716. The van der Waals surface area contributed by atoms with Crippen LogP contribution in [0.3, 0.4) is 0 Å². The minimum atomic E-state index is 0.197. The van der Waals surface area contributed by atoms with E-state index in [2.05, 4.69) is 40.3 Å². The fraction of sp³-hybridized carbons (Fsp3) is 0.615. The van der Waals surface area contributed by atoms with E-state index in [1.807, 2.05) is 4.90 Å². The number of carbonyl (C=O) groups is 1. The van der Waals surface area contributed by atoms with Crippen molar-refractivity contribution >= 4 is 33.2 Å². The Morgan fingerprint density at radius 2 is 2.39 bits per heavy atom. The summed E-state index contributed by atoms with van der Waals surface area (Å²) in [6.45, 7) is 6.55. The van der Waals surface area contributed by atoms with E-state index in [1.165, 1.54) is 8.66 Å². The summed E-state index contributed by atoms with van der Waals surface area (Å²) in [4.78, 5) is 14.6. The number of piperidine rings is 1. The molecule has 0 unspecified atom stereocenters. The third kappa shape index (κ3) is 3.56. The van der Waals surface area contributed by atoms with E-state index >= 15 is 0 Å². The fourth-order valence-corrected chi connectivity index (χ4v) is 3.85. The summed E-state index contributed by atoms with van der Waals surface area (Å²) in [5, 5.41) is 3.61. The molecule has 1 aliphatic rings. The van der Waals surface area contributed by atoms with Gasteiger partial charge in [-0.25, -0.2) is 0 Å². The number of nitrogens with zero attached hydrogens (tertiary/aromatic N) is 1. The molecule has 1 N–H and O–H groups in total. The van der Waals surface area contributed by atoms with E-state index in [9.17, 15) is 4.79 Å². The molecular weight excluding hydrogens is 312 g/mol. The highest BCUT2D eigenvalue weighted by atomic mass is 79.9. The first-order chi connectivity index (χ1) is 8.56. The van der Waals surface area contributed by atoms with Crippen LogP contribution in [0.2, 0.25) is 0 Å². The Kier molecular flexibility index (Phi) is 4.81. The summed E-state index contributed by atoms with van der Waals surface area (Å²) in [5.41, 5.74) is 0. The van der Waals surface area contributed by atoms with Crippen LogP contribution in [0.25, 0.3) is 0 Å². The lowest BCUT2D eigenvalue weighted by atomic mass is 9.94. The predicted molar refractivity (Wildman–Crippen MR) is 78.7 cm³/mol. The SMILES string of the molecule is CC(=O)N1CC[C@H](NCc2ccc(Br)s2)[C@@H](C)C1. The van der Waals surface area contributed by atoms with Gasteiger partial charge in [0.1, 0.15) is 0 Å². The van der Waals surface area contributed by atoms with Crippen LogP contribution in [0.4, 0.5) is 0 Å². The second-order valence-corrected chi connectivity index (χ2v) is 7.47. The molecule has 0 aliphatic carbocycles. The third-order valence-corrected chi connectivity index (χ3v) is 5.14. The molecule has 100 valence electrons. The third-order valence-electron chi connectivity index (χ3n) is 3.52. The van der Waals surface area contributed by atoms with Gasteiger partial charge in [0.25, 0.3) is 0 Å². The van der Waals surface area contributed by atoms with Crippen LogP contribution in [0.15, 0.2) is 15.9 Å². The van der Waals surface area contributed by atoms with Gasteiger partial charge in [0, 0.05) is 37.5 Å². The molecule has 5 heteroatoms. The van der Waals surface area contributed by atoms with Crippen LogP contribution in [0.1, 0.15) is 25.1 Å². The smallest absolute Gasteiger partial charge is 0.219 e. The normalized spacial score (nSPS) is 24.3. The number of nitrogens with one attached hydrogen (secondary N) is 1. The molecule has 0 aromatic carbocycles. The first kappa shape index (κ1) is 14.0. The standard InChI is InChI=1S/C13H19BrN2OS/c1-9-8-16(10(2)17)6-5-12(9)15-7-11-3-4-13(14)18-11/h3-4,9,12,15H,5-8H2,1-2H3/t9-,12-/m0/s1. The maximum absolute atomic E-state index is 11.3. The van der Waals surface area contributed by atoms with E-state index in [0.717, 1.165) is 26.1 Å². The lowest BCUT2D eigenvalue weighted by molar-refractivity contribution is -0.130. The highest BCUT2D eigenvalue weighted by Crippen LogP contribution is 2.23. The number of hydrogen-bond acceptors (Lipinski definition) is 3. The van der Waals surface area contributed by atoms with Gasteiger partial charge in [0.2, 0.25) is 5.91 Å². The molecule has 0 bridgehead atoms. The molecule has 1 aliphatic heterocycles. The van der Waals surface area contributed by atoms with E-state index < -0.39 is 0 Å². The van der Waals surface area contributed by atoms with Crippen molar-refractivity contribution < 1.29 is 4.79 Å². The van der Waals surface area contributed by atoms with Gasteiger partial charge in [-0.2, -0.15) is 0 Å². The average Bonchev–Trinajstić information content (AvgIpc) is 2.73. The van der Waals surface area contributed by atoms with Crippen LogP contribution < -0.4 is 5.32 Å². The quantitative estimate of drug-likeness (QED) is 0.924. The molecule has 1 fully saturated rings. The Labute approximate surface area is 121 Å². The zero-order chi connectivity index (χ0) is 13.1. The summed E-state index contributed by atoms with van der Waals surface area (Å²) in [6.07, 6.45) is 1.05. The van der Waals surface area contributed by atoms with Crippen LogP contribution in [-0.4, -0.2) is 29.9 Å². The molecule has 2 atom stereocenters. The Balaban J connectivity index is 1.82. The lowest BCUT2D eigenvalue weighted by Gasteiger charge is -2.37. The molecule has 1 saturated heterocycles. The monoisotopic (exact) mass is 330 g/mol. The number of amides is 1. The summed E-state index contributed by atoms with van der Waals surface area (Å²) in [6, 6.07) is 4.75. The zero-order valence-electron chi connectivity index (χ0n) is 10.8. The van der Waals surface area contributed by atoms with Crippen molar-refractivity contribution in [2.45, 2.75) is 32.9 Å². The zero-order valence-corrected chi connectivity index (χ0v) is 13.2. The fourth-order valence-electron chi connectivity index (χ4n) is 2.41. The number of halogens is 1. The summed E-state index contributed by atoms with van der Waals surface area (Å²) in [7, 11) is 0. The van der Waals surface area contributed by atoms with Crippen molar-refractivity contribution in [1.29, 1.82) is 0 Å². The second kappa shape index (κ2) is 6.17. The van der Waals surface area contributed by atoms with Gasteiger partial charge in [0.05, 0.1) is 3.79 Å². The average molecular weight is 331 g/mol. The maximum Gasteiger partial charge on any atom is 0.219 e. The number of rotatable bonds is 3.